The minimum Gasteiger partial charge on any atom is -0.396 e. The number of hydrogen-bond acceptors (Lipinski definition) is 7. The highest BCUT2D eigenvalue weighted by atomic mass is 32.2. The Kier molecular flexibility index (Phi) is 22.2. The van der Waals surface area contributed by atoms with E-state index in [0.717, 1.165) is 11.5 Å². The van der Waals surface area contributed by atoms with Crippen molar-refractivity contribution in [2.45, 2.75) is 0 Å². The van der Waals surface area contributed by atoms with Crippen molar-refractivity contribution >= 4 is 71.4 Å². The highest BCUT2D eigenvalue weighted by Gasteiger charge is 1.94. The minimum atomic E-state index is 0.315. The van der Waals surface area contributed by atoms with E-state index in [2.05, 4.69) is 36.2 Å². The number of rotatable bonds is 16. The fraction of sp³-hybridized carbons (Fsp3) is 1.00. The van der Waals surface area contributed by atoms with Crippen LogP contribution >= 0.6 is 71.4 Å². The van der Waals surface area contributed by atoms with Crippen molar-refractivity contribution < 1.29 is 5.11 Å². The predicted octanol–water partition coefficient (Wildman–Crippen LogP) is 3.57. The lowest BCUT2D eigenvalue weighted by Gasteiger charge is -2.03. The summed E-state index contributed by atoms with van der Waals surface area (Å²) in [6.07, 6.45) is 0. The average molecular weight is 379 g/mol. The molecule has 0 fully saturated rings. The highest BCUT2D eigenvalue weighted by molar-refractivity contribution is 8.05. The molecule has 0 aliphatic rings. The van der Waals surface area contributed by atoms with Gasteiger partial charge in [0.2, 0.25) is 0 Å². The van der Waals surface area contributed by atoms with Gasteiger partial charge in [-0.15, -0.1) is 0 Å². The Labute approximate surface area is 145 Å². The second kappa shape index (κ2) is 20.1. The Bertz CT molecular complexity index is 145. The largest absolute Gasteiger partial charge is 0.396 e. The summed E-state index contributed by atoms with van der Waals surface area (Å²) >= 11 is 14.3. The van der Waals surface area contributed by atoms with Gasteiger partial charge in [0.05, 0.1) is 6.61 Å². The summed E-state index contributed by atoms with van der Waals surface area (Å²) in [5, 5.41) is 8.63. The highest BCUT2D eigenvalue weighted by Crippen LogP contribution is 2.13. The zero-order valence-electron chi connectivity index (χ0n) is 11.4. The first kappa shape index (κ1) is 21.1. The normalized spacial score (nSPS) is 11.1. The molecule has 0 bridgehead atoms. The lowest BCUT2D eigenvalue weighted by atomic mass is 10.9. The smallest absolute Gasteiger partial charge is 0.0521 e. The molecule has 0 aromatic rings. The quantitative estimate of drug-likeness (QED) is 0.314. The van der Waals surface area contributed by atoms with Gasteiger partial charge in [0.1, 0.15) is 0 Å². The van der Waals surface area contributed by atoms with Crippen molar-refractivity contribution in [2.24, 2.45) is 0 Å². The summed E-state index contributed by atoms with van der Waals surface area (Å²) in [6.45, 7) is 0.315. The standard InChI is InChI=1S/C12H26OS6/c13-1-3-15-5-7-17-9-11-19-12-10-18-8-6-16-4-2-14/h13-14H,1-12H2. The van der Waals surface area contributed by atoms with E-state index in [0.29, 0.717) is 6.61 Å². The Morgan fingerprint density at radius 1 is 0.526 bits per heavy atom. The molecular formula is C12H26OS6. The van der Waals surface area contributed by atoms with Crippen LogP contribution in [0.1, 0.15) is 0 Å². The number of aliphatic hydroxyl groups is 1. The molecule has 0 rings (SSSR count). The second-order valence-electron chi connectivity index (χ2n) is 3.51. The van der Waals surface area contributed by atoms with Gasteiger partial charge >= 0.3 is 0 Å². The van der Waals surface area contributed by atoms with Crippen LogP contribution in [0.25, 0.3) is 0 Å². The van der Waals surface area contributed by atoms with Crippen LogP contribution in [0.3, 0.4) is 0 Å². The molecular weight excluding hydrogens is 353 g/mol. The van der Waals surface area contributed by atoms with Crippen molar-refractivity contribution in [2.75, 3.05) is 69.9 Å². The van der Waals surface area contributed by atoms with E-state index in [9.17, 15) is 0 Å². The fourth-order valence-electron chi connectivity index (χ4n) is 1.11. The number of aliphatic hydroxyl groups excluding tert-OH is 1. The first-order valence-corrected chi connectivity index (χ1v) is 12.9. The van der Waals surface area contributed by atoms with Gasteiger partial charge in [0.15, 0.2) is 0 Å². The first-order chi connectivity index (χ1) is 9.41. The van der Waals surface area contributed by atoms with E-state index < -0.39 is 0 Å². The molecule has 1 N–H and O–H groups in total. The topological polar surface area (TPSA) is 20.2 Å². The van der Waals surface area contributed by atoms with Crippen LogP contribution < -0.4 is 0 Å². The molecule has 0 aliphatic heterocycles. The van der Waals surface area contributed by atoms with Crippen molar-refractivity contribution in [3.63, 3.8) is 0 Å². The van der Waals surface area contributed by atoms with E-state index in [1.165, 1.54) is 51.8 Å². The van der Waals surface area contributed by atoms with Crippen LogP contribution in [-0.2, 0) is 0 Å². The van der Waals surface area contributed by atoms with Crippen LogP contribution in [0.5, 0.6) is 0 Å². The van der Waals surface area contributed by atoms with Crippen molar-refractivity contribution in [1.29, 1.82) is 0 Å². The lowest BCUT2D eigenvalue weighted by Crippen LogP contribution is -1.95. The maximum absolute atomic E-state index is 8.63. The predicted molar refractivity (Wildman–Crippen MR) is 108 cm³/mol. The molecule has 0 atom stereocenters. The van der Waals surface area contributed by atoms with Crippen LogP contribution in [0.2, 0.25) is 0 Å². The van der Waals surface area contributed by atoms with E-state index in [1.807, 2.05) is 35.3 Å². The molecule has 0 saturated carbocycles. The molecule has 0 aromatic heterocycles. The summed E-state index contributed by atoms with van der Waals surface area (Å²) < 4.78 is 0. The first-order valence-electron chi connectivity index (χ1n) is 6.52. The van der Waals surface area contributed by atoms with Crippen molar-refractivity contribution in [1.82, 2.24) is 0 Å². The molecule has 0 aliphatic carbocycles. The minimum absolute atomic E-state index is 0.315. The number of thioether (sulfide) groups is 5. The van der Waals surface area contributed by atoms with Gasteiger partial charge in [-0.2, -0.15) is 71.4 Å². The van der Waals surface area contributed by atoms with Crippen LogP contribution in [0.15, 0.2) is 0 Å². The van der Waals surface area contributed by atoms with Crippen LogP contribution in [0, 0.1) is 0 Å². The molecule has 0 saturated heterocycles. The van der Waals surface area contributed by atoms with Crippen molar-refractivity contribution in [3.05, 3.63) is 0 Å². The number of hydrogen-bond donors (Lipinski definition) is 2. The summed E-state index contributed by atoms with van der Waals surface area (Å²) in [5.41, 5.74) is 0. The molecule has 0 radical (unpaired) electrons. The van der Waals surface area contributed by atoms with Crippen LogP contribution in [-0.4, -0.2) is 75.0 Å². The Morgan fingerprint density at radius 2 is 0.842 bits per heavy atom. The van der Waals surface area contributed by atoms with Gasteiger partial charge in [-0.25, -0.2) is 0 Å². The van der Waals surface area contributed by atoms with E-state index in [4.69, 9.17) is 5.11 Å². The number of thiol groups is 1. The molecule has 0 amide bonds. The maximum atomic E-state index is 8.63. The summed E-state index contributed by atoms with van der Waals surface area (Å²) in [5.74, 6) is 13.2. The van der Waals surface area contributed by atoms with E-state index in [-0.39, 0.29) is 0 Å². The van der Waals surface area contributed by atoms with Crippen LogP contribution in [0.4, 0.5) is 0 Å². The average Bonchev–Trinajstić information content (AvgIpc) is 2.43. The Morgan fingerprint density at radius 3 is 1.16 bits per heavy atom. The van der Waals surface area contributed by atoms with Gasteiger partial charge in [0.25, 0.3) is 0 Å². The Hall–Kier alpha value is 2.06. The SMILES string of the molecule is OCCSCCSCCSCCSCCSCCS. The fourth-order valence-corrected chi connectivity index (χ4v) is 6.55. The summed E-state index contributed by atoms with van der Waals surface area (Å²) in [4.78, 5) is 0. The van der Waals surface area contributed by atoms with E-state index in [1.54, 1.807) is 0 Å². The molecule has 0 aromatic carbocycles. The van der Waals surface area contributed by atoms with Gasteiger partial charge in [-0.05, 0) is 5.75 Å². The zero-order chi connectivity index (χ0) is 14.0. The van der Waals surface area contributed by atoms with Gasteiger partial charge < -0.3 is 5.11 Å². The third-order valence-corrected chi connectivity index (χ3v) is 8.43. The zero-order valence-corrected chi connectivity index (χ0v) is 16.4. The van der Waals surface area contributed by atoms with Gasteiger partial charge in [-0.3, -0.25) is 0 Å². The summed E-state index contributed by atoms with van der Waals surface area (Å²) in [7, 11) is 0. The monoisotopic (exact) mass is 378 g/mol. The van der Waals surface area contributed by atoms with Crippen molar-refractivity contribution in [3.8, 4) is 0 Å². The molecule has 0 spiro atoms. The third kappa shape index (κ3) is 20.1. The molecule has 1 nitrogen and oxygen atoms in total. The second-order valence-corrected chi connectivity index (χ2v) is 10.1. The molecule has 116 valence electrons. The lowest BCUT2D eigenvalue weighted by molar-refractivity contribution is 0.322. The van der Waals surface area contributed by atoms with Gasteiger partial charge in [0, 0.05) is 57.5 Å². The maximum Gasteiger partial charge on any atom is 0.0521 e. The molecule has 0 unspecified atom stereocenters. The summed E-state index contributed by atoms with van der Waals surface area (Å²) in [6, 6.07) is 0. The Balaban J connectivity index is 2.88. The molecule has 0 heterocycles. The van der Waals surface area contributed by atoms with Gasteiger partial charge in [-0.1, -0.05) is 0 Å². The molecule has 19 heavy (non-hydrogen) atoms. The third-order valence-electron chi connectivity index (χ3n) is 1.96. The molecule has 7 heteroatoms. The van der Waals surface area contributed by atoms with E-state index >= 15 is 0 Å².